The summed E-state index contributed by atoms with van der Waals surface area (Å²) in [5.41, 5.74) is 3.88. The van der Waals surface area contributed by atoms with Gasteiger partial charge in [0.2, 0.25) is 5.91 Å². The second-order valence-electron chi connectivity index (χ2n) is 6.21. The lowest BCUT2D eigenvalue weighted by Crippen LogP contribution is -2.34. The van der Waals surface area contributed by atoms with E-state index in [4.69, 9.17) is 0 Å². The van der Waals surface area contributed by atoms with Crippen LogP contribution in [-0.2, 0) is 11.2 Å². The van der Waals surface area contributed by atoms with Crippen molar-refractivity contribution in [1.82, 2.24) is 10.6 Å². The molecule has 0 atom stereocenters. The minimum atomic E-state index is -0.203. The molecule has 27 heavy (non-hydrogen) atoms. The Kier molecular flexibility index (Phi) is 8.32. The van der Waals surface area contributed by atoms with Crippen LogP contribution < -0.4 is 21.3 Å². The van der Waals surface area contributed by atoms with Gasteiger partial charge >= 0.3 is 6.03 Å². The number of carbonyl (C=O) groups excluding carboxylic acids is 2. The molecule has 6 nitrogen and oxygen atoms in total. The molecular formula is C21H28N4O2. The molecule has 0 aliphatic heterocycles. The van der Waals surface area contributed by atoms with Gasteiger partial charge in [-0.05, 0) is 48.4 Å². The van der Waals surface area contributed by atoms with E-state index < -0.39 is 0 Å². The van der Waals surface area contributed by atoms with Gasteiger partial charge in [0.1, 0.15) is 0 Å². The lowest BCUT2D eigenvalue weighted by atomic mass is 10.0. The Morgan fingerprint density at radius 3 is 1.85 bits per heavy atom. The fourth-order valence-corrected chi connectivity index (χ4v) is 2.51. The molecule has 0 saturated carbocycles. The van der Waals surface area contributed by atoms with Crippen molar-refractivity contribution in [2.45, 2.75) is 26.7 Å². The van der Waals surface area contributed by atoms with E-state index in [2.05, 4.69) is 21.3 Å². The van der Waals surface area contributed by atoms with Crippen molar-refractivity contribution >= 4 is 23.3 Å². The van der Waals surface area contributed by atoms with E-state index in [1.807, 2.05) is 62.4 Å². The third kappa shape index (κ3) is 7.50. The first kappa shape index (κ1) is 20.5. The van der Waals surface area contributed by atoms with E-state index in [1.54, 1.807) is 0 Å². The third-order valence-corrected chi connectivity index (χ3v) is 4.02. The van der Waals surface area contributed by atoms with Gasteiger partial charge in [0.25, 0.3) is 0 Å². The van der Waals surface area contributed by atoms with E-state index in [0.717, 1.165) is 42.0 Å². The second kappa shape index (κ2) is 11.0. The SMILES string of the molecule is CCNCCNC(=O)Nc1ccc(Cc2ccc(NC(=O)CC)cc2)cc1. The predicted octanol–water partition coefficient (Wildman–Crippen LogP) is 3.36. The summed E-state index contributed by atoms with van der Waals surface area (Å²) < 4.78 is 0. The number of benzene rings is 2. The van der Waals surface area contributed by atoms with Crippen LogP contribution in [0.1, 0.15) is 31.4 Å². The molecule has 0 heterocycles. The fourth-order valence-electron chi connectivity index (χ4n) is 2.51. The second-order valence-corrected chi connectivity index (χ2v) is 6.21. The lowest BCUT2D eigenvalue weighted by molar-refractivity contribution is -0.115. The molecule has 0 radical (unpaired) electrons. The molecule has 0 unspecified atom stereocenters. The number of nitrogens with one attached hydrogen (secondary N) is 4. The Labute approximate surface area is 160 Å². The third-order valence-electron chi connectivity index (χ3n) is 4.02. The Bertz CT molecular complexity index is 727. The summed E-state index contributed by atoms with van der Waals surface area (Å²) >= 11 is 0. The van der Waals surface area contributed by atoms with Crippen LogP contribution in [0.5, 0.6) is 0 Å². The number of amides is 3. The molecule has 0 fully saturated rings. The van der Waals surface area contributed by atoms with Crippen LogP contribution in [0.25, 0.3) is 0 Å². The first-order valence-corrected chi connectivity index (χ1v) is 9.34. The maximum atomic E-state index is 11.8. The van der Waals surface area contributed by atoms with Gasteiger partial charge < -0.3 is 21.3 Å². The number of likely N-dealkylation sites (N-methyl/N-ethyl adjacent to an activating group) is 1. The zero-order valence-electron chi connectivity index (χ0n) is 16.0. The van der Waals surface area contributed by atoms with Crippen LogP contribution in [0.4, 0.5) is 16.2 Å². The number of rotatable bonds is 9. The molecule has 2 rings (SSSR count). The van der Waals surface area contributed by atoms with E-state index in [-0.39, 0.29) is 11.9 Å². The summed E-state index contributed by atoms with van der Waals surface area (Å²) in [6, 6.07) is 15.4. The van der Waals surface area contributed by atoms with Gasteiger partial charge in [0.15, 0.2) is 0 Å². The van der Waals surface area contributed by atoms with Crippen molar-refractivity contribution in [3.8, 4) is 0 Å². The molecular weight excluding hydrogens is 340 g/mol. The van der Waals surface area contributed by atoms with Gasteiger partial charge in [-0.1, -0.05) is 38.1 Å². The Hall–Kier alpha value is -2.86. The average molecular weight is 368 g/mol. The standard InChI is InChI=1S/C21H28N4O2/c1-3-20(26)24-18-9-5-16(6-10-18)15-17-7-11-19(12-8-17)25-21(27)23-14-13-22-4-2/h5-12,22H,3-4,13-15H2,1-2H3,(H,24,26)(H2,23,25,27). The predicted molar refractivity (Wildman–Crippen MR) is 110 cm³/mol. The minimum absolute atomic E-state index is 0.0107. The van der Waals surface area contributed by atoms with Crippen molar-refractivity contribution in [2.75, 3.05) is 30.3 Å². The normalized spacial score (nSPS) is 10.3. The first-order valence-electron chi connectivity index (χ1n) is 9.34. The van der Waals surface area contributed by atoms with Crippen molar-refractivity contribution in [1.29, 1.82) is 0 Å². The fraction of sp³-hybridized carbons (Fsp3) is 0.333. The summed E-state index contributed by atoms with van der Waals surface area (Å²) in [7, 11) is 0. The largest absolute Gasteiger partial charge is 0.337 e. The molecule has 0 spiro atoms. The zero-order chi connectivity index (χ0) is 19.5. The number of hydrogen-bond donors (Lipinski definition) is 4. The maximum absolute atomic E-state index is 11.8. The summed E-state index contributed by atoms with van der Waals surface area (Å²) in [5.74, 6) is 0.0107. The molecule has 6 heteroatoms. The van der Waals surface area contributed by atoms with Crippen molar-refractivity contribution in [3.63, 3.8) is 0 Å². The van der Waals surface area contributed by atoms with Gasteiger partial charge in [0, 0.05) is 30.9 Å². The summed E-state index contributed by atoms with van der Waals surface area (Å²) in [6.07, 6.45) is 1.26. The van der Waals surface area contributed by atoms with E-state index in [9.17, 15) is 9.59 Å². The molecule has 2 aromatic rings. The van der Waals surface area contributed by atoms with E-state index in [0.29, 0.717) is 13.0 Å². The summed E-state index contributed by atoms with van der Waals surface area (Å²) in [4.78, 5) is 23.2. The Morgan fingerprint density at radius 2 is 1.33 bits per heavy atom. The summed E-state index contributed by atoms with van der Waals surface area (Å²) in [5, 5.41) is 11.6. The number of carbonyl (C=O) groups is 2. The Morgan fingerprint density at radius 1 is 0.778 bits per heavy atom. The van der Waals surface area contributed by atoms with Crippen molar-refractivity contribution in [2.24, 2.45) is 0 Å². The molecule has 0 bridgehead atoms. The molecule has 2 aromatic carbocycles. The quantitative estimate of drug-likeness (QED) is 0.512. The Balaban J connectivity index is 1.82. The monoisotopic (exact) mass is 368 g/mol. The highest BCUT2D eigenvalue weighted by Gasteiger charge is 2.03. The molecule has 3 amide bonds. The van der Waals surface area contributed by atoms with Crippen molar-refractivity contribution < 1.29 is 9.59 Å². The van der Waals surface area contributed by atoms with Gasteiger partial charge in [-0.25, -0.2) is 4.79 Å². The molecule has 0 aromatic heterocycles. The molecule has 0 aliphatic carbocycles. The van der Waals surface area contributed by atoms with Gasteiger partial charge in [-0.3, -0.25) is 4.79 Å². The topological polar surface area (TPSA) is 82.3 Å². The van der Waals surface area contributed by atoms with Crippen LogP contribution in [0.2, 0.25) is 0 Å². The zero-order valence-corrected chi connectivity index (χ0v) is 16.0. The van der Waals surface area contributed by atoms with Crippen molar-refractivity contribution in [3.05, 3.63) is 59.7 Å². The van der Waals surface area contributed by atoms with Gasteiger partial charge in [0.05, 0.1) is 0 Å². The van der Waals surface area contributed by atoms with E-state index >= 15 is 0 Å². The van der Waals surface area contributed by atoms with E-state index in [1.165, 1.54) is 0 Å². The highest BCUT2D eigenvalue weighted by atomic mass is 16.2. The number of anilines is 2. The molecule has 4 N–H and O–H groups in total. The first-order chi connectivity index (χ1) is 13.1. The molecule has 0 saturated heterocycles. The number of hydrogen-bond acceptors (Lipinski definition) is 3. The van der Waals surface area contributed by atoms with Crippen LogP contribution in [0.15, 0.2) is 48.5 Å². The lowest BCUT2D eigenvalue weighted by Gasteiger charge is -2.09. The average Bonchev–Trinajstić information content (AvgIpc) is 2.68. The van der Waals surface area contributed by atoms with Crippen LogP contribution in [0.3, 0.4) is 0 Å². The molecule has 0 aliphatic rings. The van der Waals surface area contributed by atoms with Crippen LogP contribution >= 0.6 is 0 Å². The highest BCUT2D eigenvalue weighted by Crippen LogP contribution is 2.16. The van der Waals surface area contributed by atoms with Crippen LogP contribution in [0, 0.1) is 0 Å². The van der Waals surface area contributed by atoms with Gasteiger partial charge in [-0.15, -0.1) is 0 Å². The minimum Gasteiger partial charge on any atom is -0.337 e. The summed E-state index contributed by atoms with van der Waals surface area (Å²) in [6.45, 7) is 6.09. The smallest absolute Gasteiger partial charge is 0.319 e. The van der Waals surface area contributed by atoms with Crippen LogP contribution in [-0.4, -0.2) is 31.6 Å². The maximum Gasteiger partial charge on any atom is 0.319 e. The highest BCUT2D eigenvalue weighted by molar-refractivity contribution is 5.90. The van der Waals surface area contributed by atoms with Gasteiger partial charge in [-0.2, -0.15) is 0 Å². The number of urea groups is 1. The molecule has 144 valence electrons.